The second-order valence-corrected chi connectivity index (χ2v) is 6.58. The van der Waals surface area contributed by atoms with Crippen LogP contribution in [0.25, 0.3) is 11.0 Å². The van der Waals surface area contributed by atoms with E-state index in [1.165, 1.54) is 12.1 Å². The van der Waals surface area contributed by atoms with Crippen LogP contribution in [-0.2, 0) is 9.59 Å². The molecule has 1 N–H and O–H groups in total. The lowest BCUT2D eigenvalue weighted by molar-refractivity contribution is -0.137. The van der Waals surface area contributed by atoms with Crippen LogP contribution in [0, 0.1) is 0 Å². The Morgan fingerprint density at radius 2 is 1.57 bits per heavy atom. The van der Waals surface area contributed by atoms with Gasteiger partial charge in [-0.25, -0.2) is 0 Å². The number of ether oxygens (including phenoxy) is 2. The Labute approximate surface area is 163 Å². The second kappa shape index (κ2) is 10.5. The number of aromatic hydroxyl groups is 1. The molecule has 0 aliphatic rings. The van der Waals surface area contributed by atoms with E-state index in [-0.39, 0.29) is 35.3 Å². The van der Waals surface area contributed by atoms with Gasteiger partial charge in [-0.1, -0.05) is 39.5 Å². The van der Waals surface area contributed by atoms with Gasteiger partial charge in [0.25, 0.3) is 0 Å². The highest BCUT2D eigenvalue weighted by Crippen LogP contribution is 2.36. The summed E-state index contributed by atoms with van der Waals surface area (Å²) in [5.74, 6) is -1.65. The number of hydrogen-bond donors (Lipinski definition) is 1. The van der Waals surface area contributed by atoms with Crippen molar-refractivity contribution >= 4 is 22.9 Å². The van der Waals surface area contributed by atoms with Gasteiger partial charge in [-0.05, 0) is 25.0 Å². The Bertz CT molecular complexity index is 882. The summed E-state index contributed by atoms with van der Waals surface area (Å²) in [5, 5.41) is 9.60. The first kappa shape index (κ1) is 21.5. The van der Waals surface area contributed by atoms with Crippen molar-refractivity contribution in [3.8, 4) is 17.2 Å². The third kappa shape index (κ3) is 5.58. The highest BCUT2D eigenvalue weighted by Gasteiger charge is 2.21. The normalized spacial score (nSPS) is 10.8. The lowest BCUT2D eigenvalue weighted by Crippen LogP contribution is -2.13. The number of carbonyl (C=O) groups excluding carboxylic acids is 2. The number of esters is 2. The molecule has 152 valence electrons. The maximum atomic E-state index is 12.2. The van der Waals surface area contributed by atoms with E-state index in [0.717, 1.165) is 31.9 Å². The Balaban J connectivity index is 2.34. The second-order valence-electron chi connectivity index (χ2n) is 6.58. The Kier molecular flexibility index (Phi) is 8.04. The molecule has 1 aromatic carbocycles. The zero-order chi connectivity index (χ0) is 20.5. The van der Waals surface area contributed by atoms with Crippen LogP contribution in [-0.4, -0.2) is 17.0 Å². The standard InChI is InChI=1S/C21H26O7/c1-3-5-7-9-17(23)27-16-12-11-14-19(25)15(22)13-26-20(14)21(16)28-18(24)10-8-6-4-2/h11-13,22H,3-10H2,1-2H3. The van der Waals surface area contributed by atoms with Gasteiger partial charge >= 0.3 is 11.9 Å². The number of rotatable bonds is 10. The first-order valence-corrected chi connectivity index (χ1v) is 9.66. The van der Waals surface area contributed by atoms with E-state index < -0.39 is 23.1 Å². The summed E-state index contributed by atoms with van der Waals surface area (Å²) >= 11 is 0. The van der Waals surface area contributed by atoms with Crippen LogP contribution in [0.4, 0.5) is 0 Å². The smallest absolute Gasteiger partial charge is 0.311 e. The zero-order valence-corrected chi connectivity index (χ0v) is 16.3. The summed E-state index contributed by atoms with van der Waals surface area (Å²) in [5.41, 5.74) is -0.712. The van der Waals surface area contributed by atoms with E-state index in [1.807, 2.05) is 13.8 Å². The molecule has 1 heterocycles. The van der Waals surface area contributed by atoms with Crippen LogP contribution in [0.5, 0.6) is 17.2 Å². The Hall–Kier alpha value is -2.83. The molecule has 0 saturated carbocycles. The molecule has 0 spiro atoms. The summed E-state index contributed by atoms with van der Waals surface area (Å²) < 4.78 is 16.0. The maximum absolute atomic E-state index is 12.2. The lowest BCUT2D eigenvalue weighted by Gasteiger charge is -2.12. The van der Waals surface area contributed by atoms with Crippen LogP contribution in [0.2, 0.25) is 0 Å². The van der Waals surface area contributed by atoms with Gasteiger partial charge < -0.3 is 19.0 Å². The van der Waals surface area contributed by atoms with Gasteiger partial charge in [0.15, 0.2) is 17.1 Å². The molecule has 28 heavy (non-hydrogen) atoms. The Morgan fingerprint density at radius 1 is 0.964 bits per heavy atom. The Morgan fingerprint density at radius 3 is 2.18 bits per heavy atom. The summed E-state index contributed by atoms with van der Waals surface area (Å²) in [6.07, 6.45) is 6.36. The first-order valence-electron chi connectivity index (χ1n) is 9.66. The predicted molar refractivity (Wildman–Crippen MR) is 104 cm³/mol. The van der Waals surface area contributed by atoms with Crippen LogP contribution in [0.15, 0.2) is 27.6 Å². The van der Waals surface area contributed by atoms with Crippen molar-refractivity contribution in [3.63, 3.8) is 0 Å². The number of fused-ring (bicyclic) bond motifs is 1. The first-order chi connectivity index (χ1) is 13.5. The minimum absolute atomic E-state index is 0.00618. The van der Waals surface area contributed by atoms with Crippen molar-refractivity contribution in [1.29, 1.82) is 0 Å². The average molecular weight is 390 g/mol. The molecule has 2 aromatic rings. The van der Waals surface area contributed by atoms with E-state index in [1.54, 1.807) is 0 Å². The molecule has 0 unspecified atom stereocenters. The van der Waals surface area contributed by atoms with Gasteiger partial charge in [-0.3, -0.25) is 14.4 Å². The van der Waals surface area contributed by atoms with Gasteiger partial charge in [-0.2, -0.15) is 0 Å². The van der Waals surface area contributed by atoms with Crippen molar-refractivity contribution < 1.29 is 28.6 Å². The van der Waals surface area contributed by atoms with E-state index in [4.69, 9.17) is 13.9 Å². The molecular formula is C21H26O7. The minimum atomic E-state index is -0.662. The number of carbonyl (C=O) groups is 2. The summed E-state index contributed by atoms with van der Waals surface area (Å²) in [7, 11) is 0. The summed E-state index contributed by atoms with van der Waals surface area (Å²) in [6, 6.07) is 2.73. The number of benzene rings is 1. The van der Waals surface area contributed by atoms with Crippen molar-refractivity contribution in [2.24, 2.45) is 0 Å². The number of hydrogen-bond acceptors (Lipinski definition) is 7. The maximum Gasteiger partial charge on any atom is 0.311 e. The van der Waals surface area contributed by atoms with Crippen molar-refractivity contribution in [2.75, 3.05) is 0 Å². The molecule has 1 aromatic heterocycles. The fourth-order valence-corrected chi connectivity index (χ4v) is 2.70. The van der Waals surface area contributed by atoms with E-state index >= 15 is 0 Å². The highest BCUT2D eigenvalue weighted by atomic mass is 16.6. The van der Waals surface area contributed by atoms with Crippen LogP contribution >= 0.6 is 0 Å². The summed E-state index contributed by atoms with van der Waals surface area (Å²) in [4.78, 5) is 36.4. The van der Waals surface area contributed by atoms with E-state index in [2.05, 4.69) is 0 Å². The predicted octanol–water partition coefficient (Wildman–Crippen LogP) is 4.47. The fraction of sp³-hybridized carbons (Fsp3) is 0.476. The zero-order valence-electron chi connectivity index (χ0n) is 16.3. The molecule has 0 aliphatic heterocycles. The highest BCUT2D eigenvalue weighted by molar-refractivity contribution is 5.90. The largest absolute Gasteiger partial charge is 0.502 e. The molecule has 0 saturated heterocycles. The van der Waals surface area contributed by atoms with Crippen molar-refractivity contribution in [2.45, 2.75) is 65.2 Å². The van der Waals surface area contributed by atoms with Gasteiger partial charge in [-0.15, -0.1) is 0 Å². The minimum Gasteiger partial charge on any atom is -0.502 e. The van der Waals surface area contributed by atoms with Gasteiger partial charge in [0, 0.05) is 12.8 Å². The SMILES string of the molecule is CCCCCC(=O)Oc1ccc2c(=O)c(O)coc2c1OC(=O)CCCCC. The molecule has 2 rings (SSSR count). The molecule has 0 aliphatic carbocycles. The van der Waals surface area contributed by atoms with Gasteiger partial charge in [0.1, 0.15) is 6.26 Å². The van der Waals surface area contributed by atoms with Gasteiger partial charge in [0.05, 0.1) is 5.39 Å². The van der Waals surface area contributed by atoms with Crippen LogP contribution in [0.3, 0.4) is 0 Å². The van der Waals surface area contributed by atoms with Crippen molar-refractivity contribution in [1.82, 2.24) is 0 Å². The molecule has 0 radical (unpaired) electrons. The quantitative estimate of drug-likeness (QED) is 0.363. The lowest BCUT2D eigenvalue weighted by atomic mass is 10.2. The van der Waals surface area contributed by atoms with E-state index in [9.17, 15) is 19.5 Å². The van der Waals surface area contributed by atoms with Gasteiger partial charge in [0.2, 0.25) is 11.2 Å². The third-order valence-corrected chi connectivity index (χ3v) is 4.25. The fourth-order valence-electron chi connectivity index (χ4n) is 2.70. The third-order valence-electron chi connectivity index (χ3n) is 4.25. The molecule has 0 atom stereocenters. The molecule has 7 heteroatoms. The molecule has 0 fully saturated rings. The molecular weight excluding hydrogens is 364 g/mol. The van der Waals surface area contributed by atoms with Crippen LogP contribution in [0.1, 0.15) is 65.2 Å². The molecule has 0 bridgehead atoms. The average Bonchev–Trinajstić information content (AvgIpc) is 2.67. The monoisotopic (exact) mass is 390 g/mol. The molecule has 0 amide bonds. The van der Waals surface area contributed by atoms with Crippen LogP contribution < -0.4 is 14.9 Å². The van der Waals surface area contributed by atoms with Crippen molar-refractivity contribution in [3.05, 3.63) is 28.6 Å². The molecule has 7 nitrogen and oxygen atoms in total. The van der Waals surface area contributed by atoms with E-state index in [0.29, 0.717) is 12.8 Å². The number of unbranched alkanes of at least 4 members (excludes halogenated alkanes) is 4. The topological polar surface area (TPSA) is 103 Å². The summed E-state index contributed by atoms with van der Waals surface area (Å²) in [6.45, 7) is 4.05.